The van der Waals surface area contributed by atoms with Crippen LogP contribution in [0.4, 0.5) is 5.82 Å². The van der Waals surface area contributed by atoms with Gasteiger partial charge < -0.3 is 56.7 Å². The average Bonchev–Trinajstić information content (AvgIpc) is 3.13. The summed E-state index contributed by atoms with van der Waals surface area (Å²) < 4.78 is 41.1. The van der Waals surface area contributed by atoms with Crippen LogP contribution in [0.1, 0.15) is 6.23 Å². The molecule has 1 saturated heterocycles. The van der Waals surface area contributed by atoms with E-state index in [0.717, 1.165) is 6.33 Å². The smallest absolute Gasteiger partial charge is 0.276 e. The molecule has 0 aliphatic carbocycles. The Morgan fingerprint density at radius 2 is 1.90 bits per heavy atom. The van der Waals surface area contributed by atoms with E-state index in [1.807, 2.05) is 0 Å². The molecular weight excluding hydrogens is 523 g/mol. The summed E-state index contributed by atoms with van der Waals surface area (Å²) in [5.74, 6) is 0.0746. The zero-order valence-corrected chi connectivity index (χ0v) is 19.1. The summed E-state index contributed by atoms with van der Waals surface area (Å²) in [6, 6.07) is 0. The van der Waals surface area contributed by atoms with E-state index in [1.165, 1.54) is 10.9 Å². The fourth-order valence-electron chi connectivity index (χ4n) is 2.60. The second-order valence-corrected chi connectivity index (χ2v) is 13.8. The van der Waals surface area contributed by atoms with Crippen molar-refractivity contribution in [3.63, 3.8) is 0 Å². The Morgan fingerprint density at radius 3 is 2.55 bits per heavy atom. The van der Waals surface area contributed by atoms with E-state index < -0.39 is 52.5 Å². The topological polar surface area (TPSA) is 250 Å². The minimum Gasteiger partial charge on any atom is -0.790 e. The maximum absolute atomic E-state index is 11.4. The molecule has 0 amide bonds. The largest absolute Gasteiger partial charge is 0.790 e. The van der Waals surface area contributed by atoms with Crippen LogP contribution in [0.15, 0.2) is 12.7 Å². The Balaban J connectivity index is 1.69. The lowest BCUT2D eigenvalue weighted by Gasteiger charge is -2.39. The lowest BCUT2D eigenvalue weighted by Crippen LogP contribution is -2.33. The third-order valence-electron chi connectivity index (χ3n) is 3.80. The third-order valence-corrected chi connectivity index (χ3v) is 9.29. The maximum atomic E-state index is 11.4. The van der Waals surface area contributed by atoms with Crippen molar-refractivity contribution >= 4 is 62.4 Å². The van der Waals surface area contributed by atoms with E-state index in [-0.39, 0.29) is 17.0 Å². The summed E-state index contributed by atoms with van der Waals surface area (Å²) in [4.78, 5) is 44.1. The van der Waals surface area contributed by atoms with Crippen molar-refractivity contribution in [2.75, 3.05) is 12.3 Å². The number of rotatable bonds is 8. The van der Waals surface area contributed by atoms with Crippen LogP contribution in [0.2, 0.25) is 0 Å². The molecule has 4 N–H and O–H groups in total. The molecule has 174 valence electrons. The number of imidazole rings is 1. The number of nitrogens with two attached hydrogens (primary N) is 1. The van der Waals surface area contributed by atoms with Gasteiger partial charge in [-0.15, -0.1) is 0 Å². The normalized spacial score (nSPS) is 28.5. The van der Waals surface area contributed by atoms with Crippen LogP contribution in [0, 0.1) is 0 Å². The lowest BCUT2D eigenvalue weighted by molar-refractivity contribution is -0.339. The van der Waals surface area contributed by atoms with Crippen molar-refractivity contribution in [1.82, 2.24) is 19.5 Å². The summed E-state index contributed by atoms with van der Waals surface area (Å²) in [5, 5.41) is 20.6. The Labute approximate surface area is 183 Å². The predicted molar refractivity (Wildman–Crippen MR) is 101 cm³/mol. The number of nitrogen functional groups attached to an aromatic ring is 1. The van der Waals surface area contributed by atoms with Crippen LogP contribution in [0.25, 0.3) is 11.2 Å². The molecule has 0 radical (unpaired) electrons. The highest BCUT2D eigenvalue weighted by Gasteiger charge is 2.44. The van der Waals surface area contributed by atoms with Gasteiger partial charge in [0.1, 0.15) is 30.2 Å². The minimum atomic E-state index is -5.95. The SMILES string of the molecule is Nc1ncnc2c1ncn2[C@@H]1O[C@H](COP(=S)([S-])OP(=O)([O-])OP(=O)([O-])[O-])[C@@H](O)[C@H]1O. The summed E-state index contributed by atoms with van der Waals surface area (Å²) >= 11 is 9.32. The van der Waals surface area contributed by atoms with Crippen LogP contribution in [-0.4, -0.2) is 54.7 Å². The quantitative estimate of drug-likeness (QED) is 0.227. The van der Waals surface area contributed by atoms with E-state index in [4.69, 9.17) is 15.0 Å². The first-order valence-electron chi connectivity index (χ1n) is 7.85. The van der Waals surface area contributed by atoms with Crippen LogP contribution in [0.3, 0.4) is 0 Å². The highest BCUT2D eigenvalue weighted by atomic mass is 32.9. The van der Waals surface area contributed by atoms with Crippen LogP contribution >= 0.6 is 21.3 Å². The second kappa shape index (κ2) is 9.00. The van der Waals surface area contributed by atoms with Gasteiger partial charge in [-0.3, -0.25) is 17.8 Å². The molecule has 3 rings (SSSR count). The van der Waals surface area contributed by atoms with Crippen LogP contribution in [-0.2, 0) is 51.1 Å². The Hall–Kier alpha value is -0.550. The number of phosphoric acid groups is 2. The lowest BCUT2D eigenvalue weighted by atomic mass is 10.1. The summed E-state index contributed by atoms with van der Waals surface area (Å²) in [5.41, 5.74) is 1.98. The maximum Gasteiger partial charge on any atom is 0.276 e. The number of ether oxygens (including phenoxy) is 1. The third kappa shape index (κ3) is 6.07. The van der Waals surface area contributed by atoms with Gasteiger partial charge in [-0.05, 0) is 0 Å². The molecule has 21 heteroatoms. The number of anilines is 1. The van der Waals surface area contributed by atoms with Gasteiger partial charge in [0, 0.05) is 0 Å². The minimum absolute atomic E-state index is 0.0746. The molecule has 1 aliphatic heterocycles. The first-order valence-corrected chi connectivity index (χ1v) is 14.4. The van der Waals surface area contributed by atoms with Crippen molar-refractivity contribution in [3.8, 4) is 0 Å². The van der Waals surface area contributed by atoms with E-state index in [9.17, 15) is 34.0 Å². The fraction of sp³-hybridized carbons (Fsp3) is 0.500. The van der Waals surface area contributed by atoms with Gasteiger partial charge in [-0.1, -0.05) is 11.8 Å². The molecule has 2 unspecified atom stereocenters. The van der Waals surface area contributed by atoms with Gasteiger partial charge in [0.15, 0.2) is 17.7 Å². The zero-order chi connectivity index (χ0) is 23.2. The number of hydrogen-bond acceptors (Lipinski definition) is 17. The van der Waals surface area contributed by atoms with E-state index >= 15 is 0 Å². The van der Waals surface area contributed by atoms with Crippen molar-refractivity contribution in [1.29, 1.82) is 0 Å². The predicted octanol–water partition coefficient (Wildman–Crippen LogP) is -2.85. The molecular formula is C10H12N5O11P3S2-4. The highest BCUT2D eigenvalue weighted by molar-refractivity contribution is 8.52. The Morgan fingerprint density at radius 1 is 1.23 bits per heavy atom. The number of aromatic nitrogens is 4. The number of nitrogens with zero attached hydrogens (tertiary/aromatic N) is 4. The van der Waals surface area contributed by atoms with E-state index in [1.54, 1.807) is 0 Å². The summed E-state index contributed by atoms with van der Waals surface area (Å²) in [7, 11) is -11.7. The first kappa shape index (κ1) is 25.1. The molecule has 16 nitrogen and oxygen atoms in total. The van der Waals surface area contributed by atoms with Gasteiger partial charge in [-0.25, -0.2) is 15.0 Å². The second-order valence-electron chi connectivity index (χ2n) is 5.93. The summed E-state index contributed by atoms with van der Waals surface area (Å²) in [6.45, 7) is -0.661. The molecule has 0 spiro atoms. The number of hydrogen-bond donors (Lipinski definition) is 3. The fourth-order valence-corrected chi connectivity index (χ4v) is 7.30. The van der Waals surface area contributed by atoms with Crippen molar-refractivity contribution in [2.24, 2.45) is 0 Å². The molecule has 0 bridgehead atoms. The molecule has 31 heavy (non-hydrogen) atoms. The molecule has 1 fully saturated rings. The van der Waals surface area contributed by atoms with Gasteiger partial charge >= 0.3 is 0 Å². The van der Waals surface area contributed by atoms with Crippen LogP contribution < -0.4 is 20.4 Å². The molecule has 0 saturated carbocycles. The Bertz CT molecular complexity index is 1110. The molecule has 2 aromatic heterocycles. The van der Waals surface area contributed by atoms with Gasteiger partial charge in [0.25, 0.3) is 7.82 Å². The molecule has 0 aromatic carbocycles. The molecule has 3 heterocycles. The standard InChI is InChI=1S/C10H16N5O11P3S2/c11-8-5-9(13-2-12-8)15(3-14-5)10-7(17)6(16)4(24-10)1-23-29(30,31)26-28(21,22)25-27(18,19)20/h2-4,6-7,10,16-17H,1H2,(H,21,22)(H,30,31)(H2,11,12,13)(H2,18,19,20)/p-4/t4-,6-,7-,10-/m1/s1. The number of aliphatic hydroxyl groups excluding tert-OH is 2. The Kier molecular flexibility index (Phi) is 7.29. The first-order chi connectivity index (χ1) is 14.2. The molecule has 1 aliphatic rings. The molecule has 6 atom stereocenters. The molecule has 2 aromatic rings. The van der Waals surface area contributed by atoms with Crippen molar-refractivity contribution in [3.05, 3.63) is 12.7 Å². The van der Waals surface area contributed by atoms with Crippen LogP contribution in [0.5, 0.6) is 0 Å². The van der Waals surface area contributed by atoms with Crippen molar-refractivity contribution < 1.29 is 51.9 Å². The van der Waals surface area contributed by atoms with Gasteiger partial charge in [0.05, 0.1) is 26.5 Å². The van der Waals surface area contributed by atoms with Gasteiger partial charge in [0.2, 0.25) is 0 Å². The highest BCUT2D eigenvalue weighted by Crippen LogP contribution is 2.63. The number of fused-ring (bicyclic) bond motifs is 1. The number of aliphatic hydroxyl groups is 2. The zero-order valence-electron chi connectivity index (χ0n) is 14.8. The van der Waals surface area contributed by atoms with E-state index in [0.29, 0.717) is 0 Å². The summed E-state index contributed by atoms with van der Waals surface area (Å²) in [6.07, 6.45) is -3.13. The van der Waals surface area contributed by atoms with E-state index in [2.05, 4.69) is 47.6 Å². The monoisotopic (exact) mass is 535 g/mol. The van der Waals surface area contributed by atoms with Gasteiger partial charge in [-0.2, -0.15) is 0 Å². The average molecular weight is 535 g/mol. The van der Waals surface area contributed by atoms with Crippen molar-refractivity contribution in [2.45, 2.75) is 24.5 Å².